The number of aromatic nitrogens is 1. The van der Waals surface area contributed by atoms with E-state index in [1.165, 1.54) is 5.56 Å². The van der Waals surface area contributed by atoms with Crippen molar-refractivity contribution >= 4 is 27.9 Å². The molecule has 124 valence electrons. The first-order valence-electron chi connectivity index (χ1n) is 8.57. The fraction of sp³-hybridized carbons (Fsp3) is 0.190. The molecule has 0 fully saturated rings. The topological polar surface area (TPSA) is 41.7 Å². The Kier molecular flexibility index (Phi) is 3.10. The lowest BCUT2D eigenvalue weighted by atomic mass is 9.95. The summed E-state index contributed by atoms with van der Waals surface area (Å²) in [7, 11) is 0. The van der Waals surface area contributed by atoms with Crippen LogP contribution >= 0.6 is 11.6 Å². The molecule has 2 aromatic carbocycles. The molecule has 0 saturated heterocycles. The number of hydrogen-bond donors (Lipinski definition) is 1. The molecule has 25 heavy (non-hydrogen) atoms. The van der Waals surface area contributed by atoms with E-state index in [9.17, 15) is 9.90 Å². The fourth-order valence-electron chi connectivity index (χ4n) is 4.26. The predicted molar refractivity (Wildman–Crippen MR) is 101 cm³/mol. The van der Waals surface area contributed by atoms with Gasteiger partial charge < -0.3 is 5.11 Å². The van der Waals surface area contributed by atoms with Crippen LogP contribution in [0.3, 0.4) is 0 Å². The van der Waals surface area contributed by atoms with Crippen LogP contribution in [0.25, 0.3) is 27.4 Å². The van der Waals surface area contributed by atoms with Crippen LogP contribution in [-0.2, 0) is 12.8 Å². The van der Waals surface area contributed by atoms with Gasteiger partial charge in [0.05, 0.1) is 21.5 Å². The quantitative estimate of drug-likeness (QED) is 0.536. The smallest absolute Gasteiger partial charge is 0.267 e. The lowest BCUT2D eigenvalue weighted by Crippen LogP contribution is -2.19. The molecule has 0 bridgehead atoms. The van der Waals surface area contributed by atoms with Gasteiger partial charge in [0.15, 0.2) is 0 Å². The molecule has 0 aliphatic heterocycles. The van der Waals surface area contributed by atoms with E-state index in [-0.39, 0.29) is 11.3 Å². The minimum Gasteiger partial charge on any atom is -0.506 e. The summed E-state index contributed by atoms with van der Waals surface area (Å²) < 4.78 is 1.80. The Morgan fingerprint density at radius 1 is 1.00 bits per heavy atom. The normalized spacial score (nSPS) is 14.3. The molecule has 1 aliphatic carbocycles. The van der Waals surface area contributed by atoms with Crippen molar-refractivity contribution in [3.63, 3.8) is 0 Å². The van der Waals surface area contributed by atoms with Gasteiger partial charge in [-0.05, 0) is 42.9 Å². The third-order valence-electron chi connectivity index (χ3n) is 5.34. The summed E-state index contributed by atoms with van der Waals surface area (Å²) in [6.45, 7) is 0. The lowest BCUT2D eigenvalue weighted by Gasteiger charge is -2.13. The van der Waals surface area contributed by atoms with E-state index in [1.807, 2.05) is 42.5 Å². The van der Waals surface area contributed by atoms with E-state index >= 15 is 0 Å². The van der Waals surface area contributed by atoms with Crippen molar-refractivity contribution in [2.45, 2.75) is 25.7 Å². The highest BCUT2D eigenvalue weighted by molar-refractivity contribution is 6.37. The third kappa shape index (κ3) is 1.90. The Bertz CT molecular complexity index is 1180. The third-order valence-corrected chi connectivity index (χ3v) is 5.65. The van der Waals surface area contributed by atoms with Crippen LogP contribution in [0.4, 0.5) is 0 Å². The minimum atomic E-state index is -0.161. The highest BCUT2D eigenvalue weighted by Crippen LogP contribution is 2.42. The summed E-state index contributed by atoms with van der Waals surface area (Å²) >= 11 is 6.45. The van der Waals surface area contributed by atoms with Crippen molar-refractivity contribution < 1.29 is 5.11 Å². The molecule has 0 saturated carbocycles. The molecule has 2 heterocycles. The van der Waals surface area contributed by atoms with Crippen molar-refractivity contribution in [1.82, 2.24) is 4.40 Å². The molecule has 0 spiro atoms. The summed E-state index contributed by atoms with van der Waals surface area (Å²) in [5.74, 6) is -0.0193. The zero-order chi connectivity index (χ0) is 17.1. The molecule has 0 atom stereocenters. The van der Waals surface area contributed by atoms with Crippen molar-refractivity contribution in [3.8, 4) is 16.9 Å². The van der Waals surface area contributed by atoms with E-state index in [1.54, 1.807) is 4.40 Å². The van der Waals surface area contributed by atoms with Gasteiger partial charge in [0.25, 0.3) is 5.56 Å². The number of hydrogen-bond acceptors (Lipinski definition) is 2. The molecule has 4 heteroatoms. The van der Waals surface area contributed by atoms with Crippen molar-refractivity contribution in [2.75, 3.05) is 0 Å². The van der Waals surface area contributed by atoms with Crippen molar-refractivity contribution in [1.29, 1.82) is 0 Å². The van der Waals surface area contributed by atoms with Gasteiger partial charge >= 0.3 is 0 Å². The molecular formula is C21H16ClNO2. The van der Waals surface area contributed by atoms with E-state index in [0.29, 0.717) is 21.5 Å². The van der Waals surface area contributed by atoms with Gasteiger partial charge in [0.2, 0.25) is 0 Å². The number of pyridine rings is 1. The number of rotatable bonds is 1. The number of benzene rings is 2. The zero-order valence-corrected chi connectivity index (χ0v) is 14.3. The first-order chi connectivity index (χ1) is 12.2. The second-order valence-corrected chi connectivity index (χ2v) is 7.09. The highest BCUT2D eigenvalue weighted by atomic mass is 35.5. The number of aryl methyl sites for hydroxylation is 2. The Labute approximate surface area is 149 Å². The number of halogens is 1. The maximum Gasteiger partial charge on any atom is 0.267 e. The van der Waals surface area contributed by atoms with Gasteiger partial charge in [-0.1, -0.05) is 48.0 Å². The first kappa shape index (κ1) is 14.8. The van der Waals surface area contributed by atoms with Gasteiger partial charge in [0.1, 0.15) is 5.75 Å². The number of fused-ring (bicyclic) bond motifs is 3. The fourth-order valence-corrected chi connectivity index (χ4v) is 4.50. The number of nitrogens with zero attached hydrogens (tertiary/aromatic N) is 1. The van der Waals surface area contributed by atoms with Crippen molar-refractivity contribution in [3.05, 3.63) is 69.1 Å². The maximum atomic E-state index is 13.4. The molecule has 0 unspecified atom stereocenters. The van der Waals surface area contributed by atoms with Gasteiger partial charge in [-0.3, -0.25) is 9.20 Å². The van der Waals surface area contributed by atoms with Crippen LogP contribution in [0.1, 0.15) is 24.1 Å². The van der Waals surface area contributed by atoms with Gasteiger partial charge in [-0.2, -0.15) is 0 Å². The average Bonchev–Trinajstić information content (AvgIpc) is 2.96. The van der Waals surface area contributed by atoms with Gasteiger partial charge in [0, 0.05) is 11.1 Å². The van der Waals surface area contributed by atoms with Crippen LogP contribution in [0.5, 0.6) is 5.75 Å². The van der Waals surface area contributed by atoms with E-state index in [2.05, 4.69) is 0 Å². The Morgan fingerprint density at radius 3 is 2.56 bits per heavy atom. The lowest BCUT2D eigenvalue weighted by molar-refractivity contribution is 0.482. The molecule has 1 aliphatic rings. The number of aromatic hydroxyl groups is 1. The van der Waals surface area contributed by atoms with Crippen molar-refractivity contribution in [2.24, 2.45) is 0 Å². The summed E-state index contributed by atoms with van der Waals surface area (Å²) in [6, 6.07) is 13.1. The second-order valence-electron chi connectivity index (χ2n) is 6.68. The van der Waals surface area contributed by atoms with Crippen LogP contribution in [0, 0.1) is 0 Å². The van der Waals surface area contributed by atoms with E-state index in [0.717, 1.165) is 42.3 Å². The van der Waals surface area contributed by atoms with Gasteiger partial charge in [-0.25, -0.2) is 0 Å². The van der Waals surface area contributed by atoms with Crippen LogP contribution in [-0.4, -0.2) is 9.51 Å². The largest absolute Gasteiger partial charge is 0.506 e. The Balaban J connectivity index is 2.06. The monoisotopic (exact) mass is 349 g/mol. The zero-order valence-electron chi connectivity index (χ0n) is 13.6. The second kappa shape index (κ2) is 5.24. The predicted octanol–water partition coefficient (Wildman–Crippen LogP) is 4.80. The summed E-state index contributed by atoms with van der Waals surface area (Å²) in [4.78, 5) is 13.4. The molecule has 1 N–H and O–H groups in total. The summed E-state index contributed by atoms with van der Waals surface area (Å²) in [6.07, 6.45) is 4.06. The highest BCUT2D eigenvalue weighted by Gasteiger charge is 2.26. The SMILES string of the molecule is O=c1c(-c2ccccc2)c(O)c2c(Cl)ccc3c4c(n1c32)CCCC4. The van der Waals surface area contributed by atoms with Gasteiger partial charge in [-0.15, -0.1) is 0 Å². The van der Waals surface area contributed by atoms with Crippen LogP contribution < -0.4 is 5.56 Å². The van der Waals surface area contributed by atoms with E-state index < -0.39 is 0 Å². The molecular weight excluding hydrogens is 334 g/mol. The molecule has 0 amide bonds. The summed E-state index contributed by atoms with van der Waals surface area (Å²) in [5, 5.41) is 13.1. The molecule has 3 nitrogen and oxygen atoms in total. The van der Waals surface area contributed by atoms with E-state index in [4.69, 9.17) is 11.6 Å². The maximum absolute atomic E-state index is 13.4. The molecule has 5 rings (SSSR count). The van der Waals surface area contributed by atoms with Crippen LogP contribution in [0.15, 0.2) is 47.3 Å². The first-order valence-corrected chi connectivity index (χ1v) is 8.94. The summed E-state index contributed by atoms with van der Waals surface area (Å²) in [5.41, 5.74) is 3.95. The Morgan fingerprint density at radius 2 is 1.76 bits per heavy atom. The standard InChI is InChI=1S/C21H16ClNO2/c22-15-11-10-14-13-8-4-5-9-16(13)23-19(14)18(15)20(24)17(21(23)25)12-6-2-1-3-7-12/h1-3,6-7,10-11,24H,4-5,8-9H2. The Hall–Kier alpha value is -2.52. The molecule has 4 aromatic rings. The minimum absolute atomic E-state index is 0.0193. The average molecular weight is 350 g/mol. The van der Waals surface area contributed by atoms with Crippen LogP contribution in [0.2, 0.25) is 5.02 Å². The molecule has 0 radical (unpaired) electrons. The molecule has 2 aromatic heterocycles.